The topological polar surface area (TPSA) is 72.5 Å². The molecule has 0 bridgehead atoms. The first-order chi connectivity index (χ1) is 13.1. The maximum absolute atomic E-state index is 12.0. The van der Waals surface area contributed by atoms with Crippen molar-refractivity contribution in [3.05, 3.63) is 65.7 Å². The van der Waals surface area contributed by atoms with Gasteiger partial charge >= 0.3 is 5.97 Å². The fourth-order valence-electron chi connectivity index (χ4n) is 2.48. The molecule has 5 heteroatoms. The zero-order valence-corrected chi connectivity index (χ0v) is 15.6. The largest absolute Gasteiger partial charge is 0.462 e. The van der Waals surface area contributed by atoms with E-state index in [0.717, 1.165) is 12.8 Å². The number of unbranched alkanes of at least 4 members (excludes halogenated alkanes) is 1. The molecular weight excluding hydrogens is 342 g/mol. The average Bonchev–Trinajstić information content (AvgIpc) is 2.69. The van der Waals surface area contributed by atoms with Gasteiger partial charge in [0, 0.05) is 24.1 Å². The summed E-state index contributed by atoms with van der Waals surface area (Å²) in [6, 6.07) is 15.7. The molecule has 0 aromatic heterocycles. The summed E-state index contributed by atoms with van der Waals surface area (Å²) in [4.78, 5) is 35.8. The molecule has 0 aliphatic carbocycles. The fourth-order valence-corrected chi connectivity index (χ4v) is 2.48. The quantitative estimate of drug-likeness (QED) is 0.377. The van der Waals surface area contributed by atoms with Crippen LogP contribution in [-0.2, 0) is 9.53 Å². The number of hydrogen-bond acceptors (Lipinski definition) is 4. The second-order valence-electron chi connectivity index (χ2n) is 6.26. The number of Topliss-reactive ketones (excluding diaryl/α,β-unsaturated/α-hetero) is 1. The molecule has 5 nitrogen and oxygen atoms in total. The zero-order valence-electron chi connectivity index (χ0n) is 15.6. The molecule has 0 atom stereocenters. The van der Waals surface area contributed by atoms with Gasteiger partial charge in [-0.05, 0) is 37.1 Å². The van der Waals surface area contributed by atoms with Crippen LogP contribution >= 0.6 is 0 Å². The number of esters is 1. The van der Waals surface area contributed by atoms with Gasteiger partial charge in [-0.3, -0.25) is 9.59 Å². The first kappa shape index (κ1) is 20.4. The van der Waals surface area contributed by atoms with Gasteiger partial charge < -0.3 is 10.1 Å². The fraction of sp³-hybridized carbons (Fsp3) is 0.318. The molecule has 0 aliphatic rings. The highest BCUT2D eigenvalue weighted by Crippen LogP contribution is 2.12. The van der Waals surface area contributed by atoms with E-state index in [9.17, 15) is 14.4 Å². The minimum atomic E-state index is -0.360. The van der Waals surface area contributed by atoms with Crippen molar-refractivity contribution in [2.24, 2.45) is 0 Å². The number of anilines is 1. The Morgan fingerprint density at radius 1 is 0.852 bits per heavy atom. The molecule has 0 unspecified atom stereocenters. The molecular formula is C22H25NO4. The van der Waals surface area contributed by atoms with Gasteiger partial charge in [-0.2, -0.15) is 0 Å². The highest BCUT2D eigenvalue weighted by molar-refractivity contribution is 5.97. The lowest BCUT2D eigenvalue weighted by Crippen LogP contribution is -2.12. The van der Waals surface area contributed by atoms with Crippen LogP contribution in [0.3, 0.4) is 0 Å². The third kappa shape index (κ3) is 7.05. The van der Waals surface area contributed by atoms with Crippen LogP contribution in [0.4, 0.5) is 5.69 Å². The molecule has 1 amide bonds. The van der Waals surface area contributed by atoms with Crippen molar-refractivity contribution in [2.45, 2.75) is 39.0 Å². The molecule has 0 heterocycles. The number of benzene rings is 2. The number of ether oxygens (including phenoxy) is 1. The van der Waals surface area contributed by atoms with Crippen LogP contribution in [0.15, 0.2) is 54.6 Å². The molecule has 2 aromatic carbocycles. The predicted octanol–water partition coefficient (Wildman–Crippen LogP) is 4.64. The Hall–Kier alpha value is -2.95. The Bertz CT molecular complexity index is 754. The van der Waals surface area contributed by atoms with Gasteiger partial charge in [0.05, 0.1) is 12.2 Å². The first-order valence-electron chi connectivity index (χ1n) is 9.25. The summed E-state index contributed by atoms with van der Waals surface area (Å²) in [7, 11) is 0. The van der Waals surface area contributed by atoms with Gasteiger partial charge in [-0.1, -0.05) is 43.7 Å². The van der Waals surface area contributed by atoms with Gasteiger partial charge in [-0.25, -0.2) is 4.79 Å². The second-order valence-corrected chi connectivity index (χ2v) is 6.26. The molecule has 0 saturated heterocycles. The number of carbonyl (C=O) groups excluding carboxylic acids is 3. The van der Waals surface area contributed by atoms with Crippen LogP contribution in [-0.4, -0.2) is 24.3 Å². The van der Waals surface area contributed by atoms with Crippen LogP contribution in [0.2, 0.25) is 0 Å². The molecule has 2 aromatic rings. The van der Waals surface area contributed by atoms with Crippen molar-refractivity contribution >= 4 is 23.3 Å². The van der Waals surface area contributed by atoms with E-state index in [1.165, 1.54) is 0 Å². The van der Waals surface area contributed by atoms with Crippen LogP contribution in [0.25, 0.3) is 0 Å². The molecule has 0 radical (unpaired) electrons. The Balaban J connectivity index is 1.74. The van der Waals surface area contributed by atoms with E-state index in [1.54, 1.807) is 36.4 Å². The molecule has 0 saturated carbocycles. The predicted molar refractivity (Wildman–Crippen MR) is 105 cm³/mol. The van der Waals surface area contributed by atoms with E-state index in [1.807, 2.05) is 25.1 Å². The minimum Gasteiger partial charge on any atom is -0.462 e. The molecule has 0 aliphatic heterocycles. The molecule has 0 fully saturated rings. The summed E-state index contributed by atoms with van der Waals surface area (Å²) in [6.07, 6.45) is 2.89. The SMILES string of the molecule is CCCCOC(=O)c1ccc(NC(=O)CCCC(=O)c2ccccc2)cc1. The van der Waals surface area contributed by atoms with Gasteiger partial charge in [0.25, 0.3) is 0 Å². The van der Waals surface area contributed by atoms with Crippen molar-refractivity contribution < 1.29 is 19.1 Å². The van der Waals surface area contributed by atoms with Crippen molar-refractivity contribution in [3.63, 3.8) is 0 Å². The lowest BCUT2D eigenvalue weighted by Gasteiger charge is -2.07. The third-order valence-corrected chi connectivity index (χ3v) is 4.04. The highest BCUT2D eigenvalue weighted by atomic mass is 16.5. The number of rotatable bonds is 10. The smallest absolute Gasteiger partial charge is 0.338 e. The summed E-state index contributed by atoms with van der Waals surface area (Å²) in [5, 5.41) is 2.77. The van der Waals surface area contributed by atoms with Gasteiger partial charge in [-0.15, -0.1) is 0 Å². The zero-order chi connectivity index (χ0) is 19.5. The normalized spacial score (nSPS) is 10.3. The van der Waals surface area contributed by atoms with E-state index in [2.05, 4.69) is 5.32 Å². The van der Waals surface area contributed by atoms with Gasteiger partial charge in [0.1, 0.15) is 0 Å². The van der Waals surface area contributed by atoms with E-state index >= 15 is 0 Å². The highest BCUT2D eigenvalue weighted by Gasteiger charge is 2.09. The van der Waals surface area contributed by atoms with Crippen LogP contribution in [0.1, 0.15) is 59.7 Å². The lowest BCUT2D eigenvalue weighted by atomic mass is 10.1. The molecule has 142 valence electrons. The van der Waals surface area contributed by atoms with E-state index in [4.69, 9.17) is 4.74 Å². The minimum absolute atomic E-state index is 0.0364. The molecule has 27 heavy (non-hydrogen) atoms. The van der Waals surface area contributed by atoms with E-state index in [0.29, 0.717) is 36.3 Å². The standard InChI is InChI=1S/C22H25NO4/c1-2-3-16-27-22(26)18-12-14-19(15-13-18)23-21(25)11-7-10-20(24)17-8-5-4-6-9-17/h4-6,8-9,12-15H,2-3,7,10-11,16H2,1H3,(H,23,25). The number of amides is 1. The second kappa shape index (κ2) is 10.9. The Labute approximate surface area is 159 Å². The summed E-state index contributed by atoms with van der Waals surface area (Å²) < 4.78 is 5.14. The molecule has 0 spiro atoms. The first-order valence-corrected chi connectivity index (χ1v) is 9.25. The van der Waals surface area contributed by atoms with Crippen molar-refractivity contribution in [1.29, 1.82) is 0 Å². The van der Waals surface area contributed by atoms with Crippen molar-refractivity contribution in [2.75, 3.05) is 11.9 Å². The average molecular weight is 367 g/mol. The van der Waals surface area contributed by atoms with Gasteiger partial charge in [0.15, 0.2) is 5.78 Å². The molecule has 1 N–H and O–H groups in total. The summed E-state index contributed by atoms with van der Waals surface area (Å²) in [5.41, 5.74) is 1.73. The van der Waals surface area contributed by atoms with E-state index < -0.39 is 0 Å². The van der Waals surface area contributed by atoms with Crippen LogP contribution < -0.4 is 5.32 Å². The van der Waals surface area contributed by atoms with Crippen molar-refractivity contribution in [1.82, 2.24) is 0 Å². The van der Waals surface area contributed by atoms with Crippen LogP contribution in [0, 0.1) is 0 Å². The maximum Gasteiger partial charge on any atom is 0.338 e. The monoisotopic (exact) mass is 367 g/mol. The Morgan fingerprint density at radius 2 is 1.56 bits per heavy atom. The Morgan fingerprint density at radius 3 is 2.22 bits per heavy atom. The molecule has 2 rings (SSSR count). The van der Waals surface area contributed by atoms with Gasteiger partial charge in [0.2, 0.25) is 5.91 Å². The number of carbonyl (C=O) groups is 3. The maximum atomic E-state index is 12.0. The van der Waals surface area contributed by atoms with Crippen LogP contribution in [0.5, 0.6) is 0 Å². The van der Waals surface area contributed by atoms with E-state index in [-0.39, 0.29) is 24.1 Å². The van der Waals surface area contributed by atoms with Crippen molar-refractivity contribution in [3.8, 4) is 0 Å². The lowest BCUT2D eigenvalue weighted by molar-refractivity contribution is -0.116. The summed E-state index contributed by atoms with van der Waals surface area (Å²) in [6.45, 7) is 2.44. The third-order valence-electron chi connectivity index (χ3n) is 4.04. The number of hydrogen-bond donors (Lipinski definition) is 1. The summed E-state index contributed by atoms with van der Waals surface area (Å²) in [5.74, 6) is -0.482. The Kier molecular flexibility index (Phi) is 8.23. The summed E-state index contributed by atoms with van der Waals surface area (Å²) >= 11 is 0. The number of nitrogens with one attached hydrogen (secondary N) is 1. The number of ketones is 1.